The Kier molecular flexibility index (Phi) is 3.59. The summed E-state index contributed by atoms with van der Waals surface area (Å²) in [5, 5.41) is 3.94. The number of carbonyl (C=O) groups excluding carboxylic acids is 2. The molecule has 0 aromatic carbocycles. The van der Waals surface area contributed by atoms with E-state index in [2.05, 4.69) is 10.1 Å². The van der Waals surface area contributed by atoms with Crippen molar-refractivity contribution in [2.75, 3.05) is 13.7 Å². The Labute approximate surface area is 105 Å². The summed E-state index contributed by atoms with van der Waals surface area (Å²) in [5.41, 5.74) is 0. The first kappa shape index (κ1) is 12.5. The molecule has 1 saturated heterocycles. The number of esters is 1. The molecule has 98 valence electrons. The maximum absolute atomic E-state index is 12.3. The molecule has 0 aliphatic carbocycles. The van der Waals surface area contributed by atoms with Crippen LogP contribution in [0.15, 0.2) is 12.7 Å². The predicted molar refractivity (Wildman–Crippen MR) is 61.5 cm³/mol. The molecule has 18 heavy (non-hydrogen) atoms. The number of likely N-dealkylation sites (tertiary alicyclic amines) is 1. The molecule has 2 rings (SSSR count). The molecule has 1 aliphatic heterocycles. The third kappa shape index (κ3) is 2.20. The first-order chi connectivity index (χ1) is 8.65. The first-order valence-corrected chi connectivity index (χ1v) is 5.87. The van der Waals surface area contributed by atoms with Gasteiger partial charge in [-0.15, -0.1) is 0 Å². The lowest BCUT2D eigenvalue weighted by atomic mass is 10.2. The topological polar surface area (TPSA) is 77.3 Å². The number of amides is 1. The lowest BCUT2D eigenvalue weighted by molar-refractivity contribution is -0.152. The van der Waals surface area contributed by atoms with E-state index >= 15 is 0 Å². The van der Waals surface area contributed by atoms with Gasteiger partial charge in [0, 0.05) is 6.54 Å². The van der Waals surface area contributed by atoms with E-state index in [9.17, 15) is 9.59 Å². The molecule has 0 N–H and O–H groups in total. The van der Waals surface area contributed by atoms with Crippen LogP contribution in [0, 0.1) is 0 Å². The minimum absolute atomic E-state index is 0.131. The molecule has 2 atom stereocenters. The van der Waals surface area contributed by atoms with Crippen molar-refractivity contribution in [1.29, 1.82) is 0 Å². The Hall–Kier alpha value is -1.92. The van der Waals surface area contributed by atoms with Crippen LogP contribution in [0.5, 0.6) is 0 Å². The van der Waals surface area contributed by atoms with Gasteiger partial charge in [0.2, 0.25) is 5.91 Å². The SMILES string of the molecule is COC(=O)[C@@H]1CCCN1C(=O)[C@H](C)n1cncn1. The van der Waals surface area contributed by atoms with E-state index < -0.39 is 12.1 Å². The number of carbonyl (C=O) groups is 2. The Bertz CT molecular complexity index is 432. The average Bonchev–Trinajstić information content (AvgIpc) is 3.06. The van der Waals surface area contributed by atoms with Crippen LogP contribution in [0.2, 0.25) is 0 Å². The van der Waals surface area contributed by atoms with Crippen LogP contribution in [0.1, 0.15) is 25.8 Å². The van der Waals surface area contributed by atoms with Gasteiger partial charge in [-0.2, -0.15) is 5.10 Å². The minimum Gasteiger partial charge on any atom is -0.467 e. The first-order valence-electron chi connectivity index (χ1n) is 5.87. The van der Waals surface area contributed by atoms with Crippen LogP contribution in [-0.4, -0.2) is 51.2 Å². The fourth-order valence-electron chi connectivity index (χ4n) is 2.18. The molecule has 1 aromatic rings. The van der Waals surface area contributed by atoms with E-state index in [0.717, 1.165) is 6.42 Å². The van der Waals surface area contributed by atoms with Crippen LogP contribution >= 0.6 is 0 Å². The summed E-state index contributed by atoms with van der Waals surface area (Å²) < 4.78 is 6.20. The quantitative estimate of drug-likeness (QED) is 0.708. The monoisotopic (exact) mass is 252 g/mol. The van der Waals surface area contributed by atoms with Crippen molar-refractivity contribution in [2.45, 2.75) is 31.8 Å². The van der Waals surface area contributed by atoms with Crippen LogP contribution in [0.3, 0.4) is 0 Å². The lowest BCUT2D eigenvalue weighted by Crippen LogP contribution is -2.44. The smallest absolute Gasteiger partial charge is 0.328 e. The molecule has 1 aromatic heterocycles. The van der Waals surface area contributed by atoms with Gasteiger partial charge in [-0.1, -0.05) is 0 Å². The van der Waals surface area contributed by atoms with Crippen LogP contribution in [-0.2, 0) is 14.3 Å². The summed E-state index contributed by atoms with van der Waals surface area (Å²) in [6.07, 6.45) is 4.34. The Balaban J connectivity index is 2.11. The maximum atomic E-state index is 12.3. The second-order valence-electron chi connectivity index (χ2n) is 4.26. The zero-order valence-corrected chi connectivity index (χ0v) is 10.4. The summed E-state index contributed by atoms with van der Waals surface area (Å²) in [6.45, 7) is 2.32. The summed E-state index contributed by atoms with van der Waals surface area (Å²) in [6, 6.07) is -0.925. The van der Waals surface area contributed by atoms with Gasteiger partial charge < -0.3 is 9.64 Å². The van der Waals surface area contributed by atoms with Gasteiger partial charge in [-0.25, -0.2) is 14.5 Å². The Morgan fingerprint density at radius 3 is 2.89 bits per heavy atom. The molecule has 0 bridgehead atoms. The summed E-state index contributed by atoms with van der Waals surface area (Å²) in [5.74, 6) is -0.486. The fraction of sp³-hybridized carbons (Fsp3) is 0.636. The zero-order chi connectivity index (χ0) is 13.1. The van der Waals surface area contributed by atoms with Crippen molar-refractivity contribution in [3.63, 3.8) is 0 Å². The number of hydrogen-bond acceptors (Lipinski definition) is 5. The summed E-state index contributed by atoms with van der Waals surface area (Å²) in [7, 11) is 1.34. The van der Waals surface area contributed by atoms with Gasteiger partial charge in [0.15, 0.2) is 0 Å². The molecule has 7 nitrogen and oxygen atoms in total. The molecule has 0 spiro atoms. The van der Waals surface area contributed by atoms with E-state index in [-0.39, 0.29) is 11.9 Å². The summed E-state index contributed by atoms with van der Waals surface area (Å²) in [4.78, 5) is 29.3. The molecule has 0 saturated carbocycles. The predicted octanol–water partition coefficient (Wildman–Crippen LogP) is 0.00310. The van der Waals surface area contributed by atoms with Crippen LogP contribution < -0.4 is 0 Å². The second-order valence-corrected chi connectivity index (χ2v) is 4.26. The highest BCUT2D eigenvalue weighted by atomic mass is 16.5. The molecule has 0 radical (unpaired) electrons. The van der Waals surface area contributed by atoms with Crippen molar-refractivity contribution in [2.24, 2.45) is 0 Å². The van der Waals surface area contributed by atoms with Crippen molar-refractivity contribution < 1.29 is 14.3 Å². The van der Waals surface area contributed by atoms with E-state index in [4.69, 9.17) is 4.74 Å². The number of nitrogens with zero attached hydrogens (tertiary/aromatic N) is 4. The van der Waals surface area contributed by atoms with Crippen molar-refractivity contribution >= 4 is 11.9 Å². The number of rotatable bonds is 3. The number of aromatic nitrogens is 3. The third-order valence-electron chi connectivity index (χ3n) is 3.20. The van der Waals surface area contributed by atoms with E-state index in [1.807, 2.05) is 0 Å². The van der Waals surface area contributed by atoms with E-state index in [1.54, 1.807) is 11.8 Å². The Morgan fingerprint density at radius 2 is 2.28 bits per heavy atom. The highest BCUT2D eigenvalue weighted by molar-refractivity contribution is 5.87. The molecular weight excluding hydrogens is 236 g/mol. The normalized spacial score (nSPS) is 20.8. The van der Waals surface area contributed by atoms with E-state index in [1.165, 1.54) is 24.4 Å². The van der Waals surface area contributed by atoms with Crippen molar-refractivity contribution in [1.82, 2.24) is 19.7 Å². The van der Waals surface area contributed by atoms with Gasteiger partial charge in [0.25, 0.3) is 0 Å². The van der Waals surface area contributed by atoms with Gasteiger partial charge >= 0.3 is 5.97 Å². The van der Waals surface area contributed by atoms with Crippen molar-refractivity contribution in [3.05, 3.63) is 12.7 Å². The van der Waals surface area contributed by atoms with E-state index in [0.29, 0.717) is 13.0 Å². The molecule has 1 fully saturated rings. The lowest BCUT2D eigenvalue weighted by Gasteiger charge is -2.25. The summed E-state index contributed by atoms with van der Waals surface area (Å²) >= 11 is 0. The third-order valence-corrected chi connectivity index (χ3v) is 3.20. The van der Waals surface area contributed by atoms with Crippen LogP contribution in [0.4, 0.5) is 0 Å². The zero-order valence-electron chi connectivity index (χ0n) is 10.4. The molecular formula is C11H16N4O3. The van der Waals surface area contributed by atoms with Crippen LogP contribution in [0.25, 0.3) is 0 Å². The number of ether oxygens (including phenoxy) is 1. The molecule has 1 amide bonds. The van der Waals surface area contributed by atoms with Gasteiger partial charge in [-0.3, -0.25) is 4.79 Å². The molecule has 2 heterocycles. The minimum atomic E-state index is -0.464. The Morgan fingerprint density at radius 1 is 1.50 bits per heavy atom. The second kappa shape index (κ2) is 5.16. The van der Waals surface area contributed by atoms with Crippen molar-refractivity contribution in [3.8, 4) is 0 Å². The molecule has 0 unspecified atom stereocenters. The largest absolute Gasteiger partial charge is 0.467 e. The number of hydrogen-bond donors (Lipinski definition) is 0. The van der Waals surface area contributed by atoms with Gasteiger partial charge in [-0.05, 0) is 19.8 Å². The average molecular weight is 252 g/mol. The molecule has 1 aliphatic rings. The highest BCUT2D eigenvalue weighted by Gasteiger charge is 2.37. The fourth-order valence-corrected chi connectivity index (χ4v) is 2.18. The van der Waals surface area contributed by atoms with Gasteiger partial charge in [0.05, 0.1) is 7.11 Å². The number of methoxy groups -OCH3 is 1. The van der Waals surface area contributed by atoms with Gasteiger partial charge in [0.1, 0.15) is 24.7 Å². The molecule has 7 heteroatoms. The standard InChI is InChI=1S/C11H16N4O3/c1-8(15-7-12-6-13-15)10(16)14-5-3-4-9(14)11(17)18-2/h6-9H,3-5H2,1-2H3/t8-,9-/m0/s1. The highest BCUT2D eigenvalue weighted by Crippen LogP contribution is 2.22. The maximum Gasteiger partial charge on any atom is 0.328 e.